The van der Waals surface area contributed by atoms with Gasteiger partial charge in [0.2, 0.25) is 0 Å². The third kappa shape index (κ3) is 5.92. The molecule has 0 bridgehead atoms. The lowest BCUT2D eigenvalue weighted by Gasteiger charge is -1.96. The molecule has 0 saturated heterocycles. The van der Waals surface area contributed by atoms with Crippen LogP contribution in [0.15, 0.2) is 0 Å². The van der Waals surface area contributed by atoms with Gasteiger partial charge < -0.3 is 9.47 Å². The van der Waals surface area contributed by atoms with Crippen LogP contribution in [0, 0.1) is 6.92 Å². The molecule has 0 fully saturated rings. The van der Waals surface area contributed by atoms with Gasteiger partial charge in [0.1, 0.15) is 6.79 Å². The van der Waals surface area contributed by atoms with Crippen molar-refractivity contribution in [3.8, 4) is 0 Å². The van der Waals surface area contributed by atoms with Crippen molar-refractivity contribution in [2.24, 2.45) is 0 Å². The summed E-state index contributed by atoms with van der Waals surface area (Å²) in [5.74, 6) is 0. The molecule has 0 aliphatic rings. The standard InChI is InChI=1S/C5H10O2/c1-3-4-7-5-6-2/h1H,3-5H2,2H3. The fourth-order valence-corrected chi connectivity index (χ4v) is 0.226. The molecule has 7 heavy (non-hydrogen) atoms. The zero-order valence-corrected chi connectivity index (χ0v) is 4.52. The van der Waals surface area contributed by atoms with E-state index in [1.54, 1.807) is 7.11 Å². The number of methoxy groups -OCH3 is 1. The molecule has 0 heterocycles. The van der Waals surface area contributed by atoms with Gasteiger partial charge in [-0.15, -0.1) is 0 Å². The minimum Gasteiger partial charge on any atom is -0.359 e. The van der Waals surface area contributed by atoms with Crippen LogP contribution in [0.5, 0.6) is 0 Å². The Morgan fingerprint density at radius 3 is 2.71 bits per heavy atom. The zero-order chi connectivity index (χ0) is 5.54. The largest absolute Gasteiger partial charge is 0.359 e. The molecule has 2 heteroatoms. The molecule has 42 valence electrons. The van der Waals surface area contributed by atoms with E-state index in [0.29, 0.717) is 19.8 Å². The van der Waals surface area contributed by atoms with Gasteiger partial charge in [-0.25, -0.2) is 0 Å². The van der Waals surface area contributed by atoms with Crippen molar-refractivity contribution < 1.29 is 9.47 Å². The van der Waals surface area contributed by atoms with Gasteiger partial charge in [-0.3, -0.25) is 0 Å². The SMILES string of the molecule is [CH]CCOCOC. The molecular weight excluding hydrogens is 92.1 g/mol. The van der Waals surface area contributed by atoms with Crippen molar-refractivity contribution in [3.05, 3.63) is 6.92 Å². The van der Waals surface area contributed by atoms with Crippen LogP contribution >= 0.6 is 0 Å². The average Bonchev–Trinajstić information content (AvgIpc) is 1.69. The Kier molecular flexibility index (Phi) is 5.85. The summed E-state index contributed by atoms with van der Waals surface area (Å²) in [5.41, 5.74) is 0. The molecule has 0 aromatic carbocycles. The van der Waals surface area contributed by atoms with E-state index in [0.717, 1.165) is 0 Å². The third-order valence-electron chi connectivity index (χ3n) is 0.463. The third-order valence-corrected chi connectivity index (χ3v) is 0.463. The Hall–Kier alpha value is -0.0800. The van der Waals surface area contributed by atoms with Gasteiger partial charge in [0, 0.05) is 13.7 Å². The van der Waals surface area contributed by atoms with Crippen LogP contribution in [-0.2, 0) is 9.47 Å². The van der Waals surface area contributed by atoms with E-state index in [9.17, 15) is 0 Å². The smallest absolute Gasteiger partial charge is 0.146 e. The van der Waals surface area contributed by atoms with Gasteiger partial charge in [-0.05, 0) is 13.3 Å². The highest BCUT2D eigenvalue weighted by Crippen LogP contribution is 1.77. The molecule has 0 spiro atoms. The Labute approximate surface area is 44.4 Å². The molecule has 0 atom stereocenters. The summed E-state index contributed by atoms with van der Waals surface area (Å²) >= 11 is 0. The summed E-state index contributed by atoms with van der Waals surface area (Å²) in [6.45, 7) is 6.01. The molecule has 0 aromatic rings. The van der Waals surface area contributed by atoms with Crippen molar-refractivity contribution in [2.45, 2.75) is 6.42 Å². The van der Waals surface area contributed by atoms with E-state index in [1.807, 2.05) is 0 Å². The quantitative estimate of drug-likeness (QED) is 0.384. The number of rotatable bonds is 4. The fourth-order valence-electron chi connectivity index (χ4n) is 0.226. The van der Waals surface area contributed by atoms with Crippen LogP contribution in [0.2, 0.25) is 0 Å². The average molecular weight is 102 g/mol. The van der Waals surface area contributed by atoms with E-state index in [-0.39, 0.29) is 0 Å². The van der Waals surface area contributed by atoms with Gasteiger partial charge in [0.15, 0.2) is 0 Å². The first-order chi connectivity index (χ1) is 3.41. The lowest BCUT2D eigenvalue weighted by molar-refractivity contribution is -0.0287. The summed E-state index contributed by atoms with van der Waals surface area (Å²) < 4.78 is 9.35. The van der Waals surface area contributed by atoms with E-state index in [4.69, 9.17) is 11.7 Å². The summed E-state index contributed by atoms with van der Waals surface area (Å²) in [6.07, 6.45) is 0.559. The fraction of sp³-hybridized carbons (Fsp3) is 0.800. The second-order valence-corrected chi connectivity index (χ2v) is 1.10. The first kappa shape index (κ1) is 6.92. The van der Waals surface area contributed by atoms with Gasteiger partial charge >= 0.3 is 0 Å². The van der Waals surface area contributed by atoms with Crippen LogP contribution in [0.3, 0.4) is 0 Å². The minimum absolute atomic E-state index is 0.344. The Morgan fingerprint density at radius 1 is 1.57 bits per heavy atom. The van der Waals surface area contributed by atoms with Gasteiger partial charge in [0.05, 0.1) is 0 Å². The molecule has 0 N–H and O–H groups in total. The van der Waals surface area contributed by atoms with Crippen LogP contribution in [0.4, 0.5) is 0 Å². The predicted octanol–water partition coefficient (Wildman–Crippen LogP) is 0.708. The van der Waals surface area contributed by atoms with Crippen molar-refractivity contribution in [3.63, 3.8) is 0 Å². The van der Waals surface area contributed by atoms with Crippen molar-refractivity contribution >= 4 is 0 Å². The molecule has 0 rings (SSSR count). The summed E-state index contributed by atoms with van der Waals surface area (Å²) in [5, 5.41) is 0. The predicted molar refractivity (Wildman–Crippen MR) is 26.7 cm³/mol. The van der Waals surface area contributed by atoms with E-state index in [2.05, 4.69) is 4.74 Å². The highest BCUT2D eigenvalue weighted by atomic mass is 16.7. The van der Waals surface area contributed by atoms with Crippen LogP contribution < -0.4 is 0 Å². The van der Waals surface area contributed by atoms with Gasteiger partial charge in [0.25, 0.3) is 0 Å². The monoisotopic (exact) mass is 102 g/mol. The molecule has 0 unspecified atom stereocenters. The molecule has 0 saturated carbocycles. The Balaban J connectivity index is 2.45. The first-order valence-corrected chi connectivity index (χ1v) is 2.18. The topological polar surface area (TPSA) is 18.5 Å². The molecule has 2 radical (unpaired) electrons. The minimum atomic E-state index is 0.344. The molecular formula is C5H10O2. The van der Waals surface area contributed by atoms with Crippen molar-refractivity contribution in [1.82, 2.24) is 0 Å². The maximum absolute atomic E-state index is 5.09. The van der Waals surface area contributed by atoms with Crippen LogP contribution in [0.25, 0.3) is 0 Å². The number of hydrogen-bond donors (Lipinski definition) is 0. The summed E-state index contributed by atoms with van der Waals surface area (Å²) in [6, 6.07) is 0. The summed E-state index contributed by atoms with van der Waals surface area (Å²) in [4.78, 5) is 0. The molecule has 0 aliphatic heterocycles. The Bertz CT molecular complexity index is 25.3. The van der Waals surface area contributed by atoms with E-state index < -0.39 is 0 Å². The van der Waals surface area contributed by atoms with Gasteiger partial charge in [-0.2, -0.15) is 0 Å². The number of ether oxygens (including phenoxy) is 2. The van der Waals surface area contributed by atoms with Crippen LogP contribution in [0.1, 0.15) is 6.42 Å². The van der Waals surface area contributed by atoms with Crippen molar-refractivity contribution in [1.29, 1.82) is 0 Å². The van der Waals surface area contributed by atoms with Crippen LogP contribution in [-0.4, -0.2) is 20.5 Å². The van der Waals surface area contributed by atoms with E-state index >= 15 is 0 Å². The second kappa shape index (κ2) is 5.92. The maximum Gasteiger partial charge on any atom is 0.146 e. The molecule has 0 aliphatic carbocycles. The molecule has 0 amide bonds. The lowest BCUT2D eigenvalue weighted by Crippen LogP contribution is -1.96. The molecule has 2 nitrogen and oxygen atoms in total. The maximum atomic E-state index is 5.09. The highest BCUT2D eigenvalue weighted by Gasteiger charge is 1.77. The highest BCUT2D eigenvalue weighted by molar-refractivity contribution is 4.32. The number of hydrogen-bond acceptors (Lipinski definition) is 2. The lowest BCUT2D eigenvalue weighted by atomic mass is 10.5. The van der Waals surface area contributed by atoms with Gasteiger partial charge in [-0.1, -0.05) is 0 Å². The molecule has 0 aromatic heterocycles. The second-order valence-electron chi connectivity index (χ2n) is 1.10. The van der Waals surface area contributed by atoms with Crippen molar-refractivity contribution in [2.75, 3.05) is 20.5 Å². The normalized spacial score (nSPS) is 9.43. The summed E-state index contributed by atoms with van der Waals surface area (Å²) in [7, 11) is 1.58. The van der Waals surface area contributed by atoms with E-state index in [1.165, 1.54) is 0 Å². The first-order valence-electron chi connectivity index (χ1n) is 2.18. The Morgan fingerprint density at radius 2 is 2.29 bits per heavy atom. The zero-order valence-electron chi connectivity index (χ0n) is 4.52.